The monoisotopic (exact) mass is 441 g/mol. The minimum absolute atomic E-state index is 0.143. The maximum Gasteiger partial charge on any atom is 0.416 e. The van der Waals surface area contributed by atoms with Gasteiger partial charge in [-0.3, -0.25) is 4.79 Å². The molecule has 0 radical (unpaired) electrons. The van der Waals surface area contributed by atoms with Gasteiger partial charge in [0.05, 0.1) is 5.56 Å². The Labute approximate surface area is 180 Å². The number of nitrogens with one attached hydrogen (secondary N) is 1. The Morgan fingerprint density at radius 3 is 2.31 bits per heavy atom. The van der Waals surface area contributed by atoms with Crippen molar-refractivity contribution in [3.05, 3.63) is 81.9 Å². The van der Waals surface area contributed by atoms with E-state index in [2.05, 4.69) is 15.4 Å². The Hall–Kier alpha value is -3.95. The molecule has 0 bridgehead atoms. The first-order valence-corrected chi connectivity index (χ1v) is 9.63. The number of fused-ring (bicyclic) bond motifs is 1. The number of carbonyl (C=O) groups excluding carboxylic acids is 1. The second kappa shape index (κ2) is 7.95. The SMILES string of the molecule is Cc1ccc(NC(=O)Cn2nc3cc(C)nc(-c4ccc(C(F)(F)F)cc4)n3c2=O)cc1. The van der Waals surface area contributed by atoms with E-state index in [1.54, 1.807) is 25.1 Å². The second-order valence-electron chi connectivity index (χ2n) is 7.34. The molecule has 0 fully saturated rings. The number of amides is 1. The molecule has 1 N–H and O–H groups in total. The summed E-state index contributed by atoms with van der Waals surface area (Å²) < 4.78 is 40.8. The molecule has 32 heavy (non-hydrogen) atoms. The molecule has 0 spiro atoms. The third-order valence-electron chi connectivity index (χ3n) is 4.80. The van der Waals surface area contributed by atoms with Crippen LogP contribution in [0, 0.1) is 13.8 Å². The van der Waals surface area contributed by atoms with E-state index in [1.807, 2.05) is 19.1 Å². The number of rotatable bonds is 4. The first-order valence-electron chi connectivity index (χ1n) is 9.63. The molecule has 4 rings (SSSR count). The largest absolute Gasteiger partial charge is 0.416 e. The van der Waals surface area contributed by atoms with Crippen molar-refractivity contribution >= 4 is 17.2 Å². The topological polar surface area (TPSA) is 81.3 Å². The number of anilines is 1. The van der Waals surface area contributed by atoms with Crippen molar-refractivity contribution in [3.8, 4) is 11.4 Å². The third-order valence-corrected chi connectivity index (χ3v) is 4.80. The number of benzene rings is 2. The molecular formula is C22H18F3N5O2. The zero-order valence-corrected chi connectivity index (χ0v) is 17.1. The van der Waals surface area contributed by atoms with E-state index in [1.165, 1.54) is 16.5 Å². The lowest BCUT2D eigenvalue weighted by atomic mass is 10.1. The third kappa shape index (κ3) is 4.25. The number of hydrogen-bond donors (Lipinski definition) is 1. The van der Waals surface area contributed by atoms with Gasteiger partial charge in [-0.25, -0.2) is 18.9 Å². The molecule has 0 unspecified atom stereocenters. The van der Waals surface area contributed by atoms with Gasteiger partial charge >= 0.3 is 11.9 Å². The van der Waals surface area contributed by atoms with E-state index in [0.29, 0.717) is 16.9 Å². The van der Waals surface area contributed by atoms with Gasteiger partial charge in [0.25, 0.3) is 0 Å². The minimum atomic E-state index is -4.47. The first-order chi connectivity index (χ1) is 15.1. The van der Waals surface area contributed by atoms with Crippen LogP contribution in [0.2, 0.25) is 0 Å². The van der Waals surface area contributed by atoms with Gasteiger partial charge in [-0.2, -0.15) is 13.2 Å². The van der Waals surface area contributed by atoms with Gasteiger partial charge in [0, 0.05) is 23.0 Å². The van der Waals surface area contributed by atoms with Crippen LogP contribution in [0.5, 0.6) is 0 Å². The predicted octanol–water partition coefficient (Wildman–Crippen LogP) is 3.83. The summed E-state index contributed by atoms with van der Waals surface area (Å²) in [6, 6.07) is 13.1. The van der Waals surface area contributed by atoms with Crippen LogP contribution < -0.4 is 11.0 Å². The molecule has 0 aliphatic rings. The van der Waals surface area contributed by atoms with Gasteiger partial charge in [-0.15, -0.1) is 5.10 Å². The molecule has 4 aromatic rings. The molecular weight excluding hydrogens is 423 g/mol. The van der Waals surface area contributed by atoms with E-state index < -0.39 is 23.3 Å². The summed E-state index contributed by atoms with van der Waals surface area (Å²) in [7, 11) is 0. The smallest absolute Gasteiger partial charge is 0.324 e. The minimum Gasteiger partial charge on any atom is -0.324 e. The lowest BCUT2D eigenvalue weighted by Crippen LogP contribution is -2.28. The van der Waals surface area contributed by atoms with Gasteiger partial charge in [-0.1, -0.05) is 29.8 Å². The summed E-state index contributed by atoms with van der Waals surface area (Å²) >= 11 is 0. The van der Waals surface area contributed by atoms with Crippen molar-refractivity contribution in [3.63, 3.8) is 0 Å². The molecule has 0 saturated heterocycles. The summed E-state index contributed by atoms with van der Waals surface area (Å²) in [5.74, 6) is -0.302. The van der Waals surface area contributed by atoms with E-state index in [4.69, 9.17) is 0 Å². The molecule has 10 heteroatoms. The van der Waals surface area contributed by atoms with Gasteiger partial charge < -0.3 is 5.32 Å². The number of alkyl halides is 3. The summed E-state index contributed by atoms with van der Waals surface area (Å²) in [6.07, 6.45) is -4.47. The number of aryl methyl sites for hydroxylation is 2. The molecule has 2 aromatic heterocycles. The number of nitrogens with zero attached hydrogens (tertiary/aromatic N) is 4. The fraction of sp³-hybridized carbons (Fsp3) is 0.182. The molecule has 164 valence electrons. The van der Waals surface area contributed by atoms with Crippen molar-refractivity contribution < 1.29 is 18.0 Å². The van der Waals surface area contributed by atoms with E-state index in [-0.39, 0.29) is 18.0 Å². The van der Waals surface area contributed by atoms with Crippen LogP contribution >= 0.6 is 0 Å². The van der Waals surface area contributed by atoms with E-state index in [9.17, 15) is 22.8 Å². The lowest BCUT2D eigenvalue weighted by Gasteiger charge is -2.08. The predicted molar refractivity (Wildman–Crippen MR) is 112 cm³/mol. The Bertz CT molecular complexity index is 1350. The van der Waals surface area contributed by atoms with Crippen molar-refractivity contribution in [2.75, 3.05) is 5.32 Å². The Morgan fingerprint density at radius 1 is 1.03 bits per heavy atom. The molecule has 0 aliphatic heterocycles. The number of carbonyl (C=O) groups is 1. The second-order valence-corrected chi connectivity index (χ2v) is 7.34. The zero-order chi connectivity index (χ0) is 23.0. The maximum absolute atomic E-state index is 13.0. The molecule has 0 atom stereocenters. The number of halogens is 3. The number of aromatic nitrogens is 4. The van der Waals surface area contributed by atoms with Crippen LogP contribution in [0.4, 0.5) is 18.9 Å². The fourth-order valence-corrected chi connectivity index (χ4v) is 3.23. The average molecular weight is 441 g/mol. The van der Waals surface area contributed by atoms with Crippen LogP contribution in [0.15, 0.2) is 59.4 Å². The molecule has 2 aromatic carbocycles. The van der Waals surface area contributed by atoms with Gasteiger partial charge in [0.1, 0.15) is 12.4 Å². The van der Waals surface area contributed by atoms with E-state index in [0.717, 1.165) is 22.4 Å². The summed E-state index contributed by atoms with van der Waals surface area (Å²) in [4.78, 5) is 29.7. The van der Waals surface area contributed by atoms with Crippen LogP contribution in [0.3, 0.4) is 0 Å². The Kier molecular flexibility index (Phi) is 5.29. The summed E-state index contributed by atoms with van der Waals surface area (Å²) in [5.41, 5.74) is 1.27. The standard InChI is InChI=1S/C22H18F3N5O2/c1-13-3-9-17(10-4-13)27-19(31)12-29-21(32)30-18(28-29)11-14(2)26-20(30)15-5-7-16(8-6-15)22(23,24)25/h3-11H,12H2,1-2H3,(H,27,31). The van der Waals surface area contributed by atoms with Crippen molar-refractivity contribution in [2.24, 2.45) is 0 Å². The molecule has 0 saturated carbocycles. The van der Waals surface area contributed by atoms with Gasteiger partial charge in [-0.05, 0) is 38.1 Å². The lowest BCUT2D eigenvalue weighted by molar-refractivity contribution is -0.137. The highest BCUT2D eigenvalue weighted by Crippen LogP contribution is 2.30. The quantitative estimate of drug-likeness (QED) is 0.522. The van der Waals surface area contributed by atoms with Crippen molar-refractivity contribution in [1.29, 1.82) is 0 Å². The van der Waals surface area contributed by atoms with Crippen molar-refractivity contribution in [1.82, 2.24) is 19.2 Å². The van der Waals surface area contributed by atoms with Crippen LogP contribution in [0.25, 0.3) is 17.0 Å². The Balaban J connectivity index is 1.68. The molecule has 7 nitrogen and oxygen atoms in total. The average Bonchev–Trinajstić information content (AvgIpc) is 3.03. The highest BCUT2D eigenvalue weighted by atomic mass is 19.4. The first kappa shape index (κ1) is 21.3. The molecule has 1 amide bonds. The zero-order valence-electron chi connectivity index (χ0n) is 17.1. The fourth-order valence-electron chi connectivity index (χ4n) is 3.23. The van der Waals surface area contributed by atoms with Gasteiger partial charge in [0.15, 0.2) is 5.65 Å². The maximum atomic E-state index is 13.0. The summed E-state index contributed by atoms with van der Waals surface area (Å²) in [6.45, 7) is 3.27. The molecule has 2 heterocycles. The summed E-state index contributed by atoms with van der Waals surface area (Å²) in [5, 5.41) is 6.90. The highest BCUT2D eigenvalue weighted by molar-refractivity contribution is 5.90. The Morgan fingerprint density at radius 2 is 1.69 bits per heavy atom. The van der Waals surface area contributed by atoms with Gasteiger partial charge in [0.2, 0.25) is 5.91 Å². The normalized spacial score (nSPS) is 11.7. The highest BCUT2D eigenvalue weighted by Gasteiger charge is 2.30. The molecule has 0 aliphatic carbocycles. The van der Waals surface area contributed by atoms with Crippen LogP contribution in [0.1, 0.15) is 16.8 Å². The van der Waals surface area contributed by atoms with Crippen LogP contribution in [-0.2, 0) is 17.5 Å². The van der Waals surface area contributed by atoms with Crippen molar-refractivity contribution in [2.45, 2.75) is 26.6 Å². The van der Waals surface area contributed by atoms with Crippen LogP contribution in [-0.4, -0.2) is 25.1 Å². The number of hydrogen-bond acceptors (Lipinski definition) is 4. The van der Waals surface area contributed by atoms with E-state index >= 15 is 0 Å².